The lowest BCUT2D eigenvalue weighted by Crippen LogP contribution is -1.83. The first-order valence-corrected chi connectivity index (χ1v) is 5.68. The molecule has 0 spiro atoms. The molecule has 0 aliphatic heterocycles. The molecule has 1 rings (SSSR count). The van der Waals surface area contributed by atoms with Crippen molar-refractivity contribution in [2.24, 2.45) is 5.11 Å². The largest absolute Gasteiger partial charge is 0.325 e. The average molecular weight is 241 g/mol. The van der Waals surface area contributed by atoms with Gasteiger partial charge in [0.05, 0.1) is 12.0 Å². The van der Waals surface area contributed by atoms with E-state index in [1.54, 1.807) is 24.3 Å². The van der Waals surface area contributed by atoms with E-state index in [2.05, 4.69) is 10.0 Å². The van der Waals surface area contributed by atoms with Crippen LogP contribution in [0.4, 0.5) is 3.89 Å². The highest BCUT2D eigenvalue weighted by atomic mass is 32.3. The third kappa shape index (κ3) is 4.59. The van der Waals surface area contributed by atoms with Crippen LogP contribution in [0.15, 0.2) is 34.8 Å². The van der Waals surface area contributed by atoms with Gasteiger partial charge in [-0.15, -0.1) is 3.89 Å². The van der Waals surface area contributed by atoms with Crippen LogP contribution in [0.5, 0.6) is 0 Å². The molecule has 84 valence electrons. The van der Waals surface area contributed by atoms with Crippen LogP contribution < -0.4 is 0 Å². The number of benzene rings is 1. The van der Waals surface area contributed by atoms with Gasteiger partial charge in [-0.25, -0.2) is 0 Å². The highest BCUT2D eigenvalue weighted by Crippen LogP contribution is 2.08. The maximum Gasteiger partial charge on any atom is 0.325 e. The van der Waals surface area contributed by atoms with Crippen LogP contribution in [-0.4, -0.2) is 8.42 Å². The number of rotatable bonds is 4. The molecule has 0 amide bonds. The molecule has 0 aromatic heterocycles. The fourth-order valence-corrected chi connectivity index (χ4v) is 1.33. The summed E-state index contributed by atoms with van der Waals surface area (Å²) in [5.74, 6) is 0. The minimum Gasteiger partial charge on any atom is -0.190 e. The standard InChI is InChI=1S/C9H8FN3O2S/c10-16(14,15)6-5-8-1-3-9(4-2-8)7-12-13-11/h1-6H,7H2/b6-5+. The highest BCUT2D eigenvalue weighted by molar-refractivity contribution is 7.89. The van der Waals surface area contributed by atoms with Crippen molar-refractivity contribution in [2.75, 3.05) is 0 Å². The molecule has 5 nitrogen and oxygen atoms in total. The maximum atomic E-state index is 12.2. The number of hydrogen-bond donors (Lipinski definition) is 0. The smallest absolute Gasteiger partial charge is 0.190 e. The van der Waals surface area contributed by atoms with E-state index in [4.69, 9.17) is 5.53 Å². The van der Waals surface area contributed by atoms with Crippen molar-refractivity contribution in [3.63, 3.8) is 0 Å². The van der Waals surface area contributed by atoms with Crippen LogP contribution in [-0.2, 0) is 16.8 Å². The molecule has 1 aromatic carbocycles. The monoisotopic (exact) mass is 241 g/mol. The van der Waals surface area contributed by atoms with Crippen molar-refractivity contribution in [1.29, 1.82) is 0 Å². The summed E-state index contributed by atoms with van der Waals surface area (Å²) in [6.07, 6.45) is 1.15. The molecule has 0 unspecified atom stereocenters. The third-order valence-electron chi connectivity index (χ3n) is 1.72. The third-order valence-corrected chi connectivity index (χ3v) is 2.18. The van der Waals surface area contributed by atoms with Gasteiger partial charge >= 0.3 is 10.2 Å². The summed E-state index contributed by atoms with van der Waals surface area (Å²) in [5.41, 5.74) is 9.43. The molecule has 0 atom stereocenters. The van der Waals surface area contributed by atoms with Crippen LogP contribution in [0.1, 0.15) is 11.1 Å². The van der Waals surface area contributed by atoms with Crippen LogP contribution in [0, 0.1) is 0 Å². The van der Waals surface area contributed by atoms with Crippen molar-refractivity contribution in [3.8, 4) is 0 Å². The summed E-state index contributed by atoms with van der Waals surface area (Å²) in [4.78, 5) is 2.60. The summed E-state index contributed by atoms with van der Waals surface area (Å²) in [5, 5.41) is 3.85. The molecular formula is C9H8FN3O2S. The van der Waals surface area contributed by atoms with E-state index in [1.165, 1.54) is 0 Å². The topological polar surface area (TPSA) is 82.9 Å². The van der Waals surface area contributed by atoms with Gasteiger partial charge in [0.25, 0.3) is 0 Å². The lowest BCUT2D eigenvalue weighted by molar-refractivity contribution is 0.563. The molecule has 1 aromatic rings. The summed E-state index contributed by atoms with van der Waals surface area (Å²) in [6.45, 7) is 0.224. The second-order valence-corrected chi connectivity index (χ2v) is 4.13. The van der Waals surface area contributed by atoms with Gasteiger partial charge in [0.1, 0.15) is 0 Å². The Morgan fingerprint density at radius 1 is 1.38 bits per heavy atom. The minimum absolute atomic E-state index is 0.224. The lowest BCUT2D eigenvalue weighted by atomic mass is 10.1. The summed E-state index contributed by atoms with van der Waals surface area (Å²) in [7, 11) is -4.59. The van der Waals surface area contributed by atoms with E-state index >= 15 is 0 Å². The van der Waals surface area contributed by atoms with Gasteiger partial charge in [-0.05, 0) is 22.7 Å². The van der Waals surface area contributed by atoms with Gasteiger partial charge in [-0.3, -0.25) is 0 Å². The molecular weight excluding hydrogens is 233 g/mol. The van der Waals surface area contributed by atoms with Crippen LogP contribution >= 0.6 is 0 Å². The van der Waals surface area contributed by atoms with Crippen LogP contribution in [0.3, 0.4) is 0 Å². The molecule has 7 heteroatoms. The van der Waals surface area contributed by atoms with Crippen molar-refractivity contribution < 1.29 is 12.3 Å². The Morgan fingerprint density at radius 2 is 2.00 bits per heavy atom. The van der Waals surface area contributed by atoms with Gasteiger partial charge in [-0.2, -0.15) is 8.42 Å². The van der Waals surface area contributed by atoms with Crippen molar-refractivity contribution >= 4 is 16.3 Å². The molecule has 0 aliphatic carbocycles. The SMILES string of the molecule is [N-]=[N+]=NCc1ccc(/C=C/S(=O)(=O)F)cc1. The van der Waals surface area contributed by atoms with E-state index < -0.39 is 10.2 Å². The molecule has 0 heterocycles. The van der Waals surface area contributed by atoms with Crippen molar-refractivity contribution in [1.82, 2.24) is 0 Å². The number of hydrogen-bond acceptors (Lipinski definition) is 3. The first-order valence-electron chi connectivity index (χ1n) is 4.24. The highest BCUT2D eigenvalue weighted by Gasteiger charge is 1.98. The van der Waals surface area contributed by atoms with E-state index in [9.17, 15) is 12.3 Å². The van der Waals surface area contributed by atoms with E-state index in [0.29, 0.717) is 11.0 Å². The first-order chi connectivity index (χ1) is 7.51. The molecule has 0 saturated heterocycles. The molecule has 0 radical (unpaired) electrons. The van der Waals surface area contributed by atoms with Gasteiger partial charge in [0, 0.05) is 4.91 Å². The second-order valence-electron chi connectivity index (χ2n) is 2.91. The van der Waals surface area contributed by atoms with Gasteiger partial charge in [0.2, 0.25) is 0 Å². The average Bonchev–Trinajstić information content (AvgIpc) is 2.24. The van der Waals surface area contributed by atoms with E-state index in [1.807, 2.05) is 0 Å². The predicted octanol–water partition coefficient (Wildman–Crippen LogP) is 2.77. The summed E-state index contributed by atoms with van der Waals surface area (Å²) in [6, 6.07) is 6.53. The van der Waals surface area contributed by atoms with Gasteiger partial charge in [0.15, 0.2) is 0 Å². The molecule has 16 heavy (non-hydrogen) atoms. The lowest BCUT2D eigenvalue weighted by Gasteiger charge is -1.96. The van der Waals surface area contributed by atoms with Gasteiger partial charge < -0.3 is 0 Å². The fourth-order valence-electron chi connectivity index (χ4n) is 1.01. The quantitative estimate of drug-likeness (QED) is 0.351. The minimum atomic E-state index is -4.59. The number of azide groups is 1. The second kappa shape index (κ2) is 5.29. The zero-order valence-electron chi connectivity index (χ0n) is 8.12. The number of halogens is 1. The normalized spacial score (nSPS) is 11.3. The Hall–Kier alpha value is -1.85. The Kier molecular flexibility index (Phi) is 4.04. The molecule has 0 aliphatic rings. The van der Waals surface area contributed by atoms with Crippen molar-refractivity contribution in [3.05, 3.63) is 51.2 Å². The Morgan fingerprint density at radius 3 is 2.50 bits per heavy atom. The van der Waals surface area contributed by atoms with Gasteiger partial charge in [-0.1, -0.05) is 29.4 Å². The molecule has 0 saturated carbocycles. The van der Waals surface area contributed by atoms with Crippen LogP contribution in [0.2, 0.25) is 0 Å². The Labute approximate surface area is 92.1 Å². The zero-order chi connectivity index (χ0) is 12.0. The van der Waals surface area contributed by atoms with Crippen molar-refractivity contribution in [2.45, 2.75) is 6.54 Å². The zero-order valence-corrected chi connectivity index (χ0v) is 8.93. The number of nitrogens with zero attached hydrogens (tertiary/aromatic N) is 3. The predicted molar refractivity (Wildman–Crippen MR) is 58.4 cm³/mol. The summed E-state index contributed by atoms with van der Waals surface area (Å²) < 4.78 is 32.6. The molecule has 0 N–H and O–H groups in total. The van der Waals surface area contributed by atoms with E-state index in [-0.39, 0.29) is 6.54 Å². The fraction of sp³-hybridized carbons (Fsp3) is 0.111. The molecule has 0 bridgehead atoms. The summed E-state index contributed by atoms with van der Waals surface area (Å²) >= 11 is 0. The Bertz CT molecular complexity index is 530. The van der Waals surface area contributed by atoms with Crippen LogP contribution in [0.25, 0.3) is 16.5 Å². The first kappa shape index (κ1) is 12.2. The maximum absolute atomic E-state index is 12.2. The Balaban J connectivity index is 2.79. The van der Waals surface area contributed by atoms with E-state index in [0.717, 1.165) is 11.6 Å². The molecule has 0 fully saturated rings.